The molecule has 3 rings (SSSR count). The molecule has 0 bridgehead atoms. The quantitative estimate of drug-likeness (QED) is 0.664. The van der Waals surface area contributed by atoms with Crippen molar-refractivity contribution < 1.29 is 27.9 Å². The minimum atomic E-state index is -4.66. The number of aromatic nitrogens is 2. The average Bonchev–Trinajstić information content (AvgIpc) is 2.99. The lowest BCUT2D eigenvalue weighted by Gasteiger charge is -2.17. The number of amides is 1. The van der Waals surface area contributed by atoms with Gasteiger partial charge in [0.25, 0.3) is 5.56 Å². The zero-order chi connectivity index (χ0) is 21.5. The number of hydrogen-bond donors (Lipinski definition) is 2. The summed E-state index contributed by atoms with van der Waals surface area (Å²) in [7, 11) is 0. The van der Waals surface area contributed by atoms with Crippen LogP contribution in [0, 0.1) is 6.92 Å². The van der Waals surface area contributed by atoms with Crippen LogP contribution in [-0.2, 0) is 11.0 Å². The van der Waals surface area contributed by atoms with Crippen molar-refractivity contribution in [1.82, 2.24) is 9.55 Å². The molecule has 0 spiro atoms. The number of nitrogens with zero attached hydrogens (tertiary/aromatic N) is 2. The SMILES string of the molecule is Cc1c(C(=O)O)sc2ncn(C(C)C(=O)Nc3ccccc3C(F)(F)F)c(=O)c12. The van der Waals surface area contributed by atoms with Crippen molar-refractivity contribution in [2.45, 2.75) is 26.1 Å². The molecule has 2 heterocycles. The van der Waals surface area contributed by atoms with E-state index in [-0.39, 0.29) is 20.7 Å². The number of thiophene rings is 1. The summed E-state index contributed by atoms with van der Waals surface area (Å²) in [5, 5.41) is 11.4. The first kappa shape index (κ1) is 20.5. The van der Waals surface area contributed by atoms with Crippen LogP contribution in [0.1, 0.15) is 33.8 Å². The highest BCUT2D eigenvalue weighted by molar-refractivity contribution is 7.20. The van der Waals surface area contributed by atoms with Gasteiger partial charge in [-0.2, -0.15) is 13.2 Å². The van der Waals surface area contributed by atoms with E-state index in [4.69, 9.17) is 0 Å². The zero-order valence-corrected chi connectivity index (χ0v) is 15.9. The fourth-order valence-electron chi connectivity index (χ4n) is 2.82. The normalized spacial score (nSPS) is 12.7. The third kappa shape index (κ3) is 3.73. The number of carbonyl (C=O) groups excluding carboxylic acids is 1. The molecule has 0 aliphatic heterocycles. The lowest BCUT2D eigenvalue weighted by Crippen LogP contribution is -2.32. The number of halogens is 3. The molecule has 29 heavy (non-hydrogen) atoms. The van der Waals surface area contributed by atoms with Crippen molar-refractivity contribution in [2.24, 2.45) is 0 Å². The van der Waals surface area contributed by atoms with Gasteiger partial charge in [0.2, 0.25) is 5.91 Å². The number of fused-ring (bicyclic) bond motifs is 1. The number of hydrogen-bond acceptors (Lipinski definition) is 5. The van der Waals surface area contributed by atoms with Crippen molar-refractivity contribution in [3.63, 3.8) is 0 Å². The molecule has 11 heteroatoms. The third-order valence-electron chi connectivity index (χ3n) is 4.36. The van der Waals surface area contributed by atoms with Gasteiger partial charge in [-0.1, -0.05) is 12.1 Å². The summed E-state index contributed by atoms with van der Waals surface area (Å²) in [6.07, 6.45) is -3.59. The maximum absolute atomic E-state index is 13.1. The van der Waals surface area contributed by atoms with Crippen LogP contribution >= 0.6 is 11.3 Å². The van der Waals surface area contributed by atoms with Crippen LogP contribution in [0.5, 0.6) is 0 Å². The summed E-state index contributed by atoms with van der Waals surface area (Å²) >= 11 is 0.833. The minimum absolute atomic E-state index is 0.0430. The van der Waals surface area contributed by atoms with E-state index in [2.05, 4.69) is 10.3 Å². The number of carboxylic acids is 1. The number of nitrogens with one attached hydrogen (secondary N) is 1. The van der Waals surface area contributed by atoms with Crippen LogP contribution in [0.15, 0.2) is 35.4 Å². The number of aromatic carboxylic acids is 1. The molecule has 1 aromatic carbocycles. The van der Waals surface area contributed by atoms with E-state index in [1.54, 1.807) is 0 Å². The third-order valence-corrected chi connectivity index (χ3v) is 5.55. The lowest BCUT2D eigenvalue weighted by atomic mass is 10.1. The Balaban J connectivity index is 1.98. The summed E-state index contributed by atoms with van der Waals surface area (Å²) in [4.78, 5) is 40.8. The molecule has 1 unspecified atom stereocenters. The standard InChI is InChI=1S/C18H14F3N3O4S/c1-8-12-15(29-13(8)17(27)28)22-7-24(16(12)26)9(2)14(25)23-11-6-4-3-5-10(11)18(19,20)21/h3-7,9H,1-2H3,(H,23,25)(H,27,28). The van der Waals surface area contributed by atoms with Gasteiger partial charge in [0.05, 0.1) is 23.0 Å². The number of carboxylic acid groups (broad SMARTS) is 1. The van der Waals surface area contributed by atoms with Gasteiger partial charge in [-0.3, -0.25) is 14.2 Å². The fraction of sp³-hybridized carbons (Fsp3) is 0.222. The van der Waals surface area contributed by atoms with E-state index in [0.29, 0.717) is 0 Å². The monoisotopic (exact) mass is 425 g/mol. The molecule has 0 aliphatic carbocycles. The lowest BCUT2D eigenvalue weighted by molar-refractivity contribution is -0.137. The Kier molecular flexibility index (Phi) is 5.18. The summed E-state index contributed by atoms with van der Waals surface area (Å²) in [6.45, 7) is 2.79. The Morgan fingerprint density at radius 3 is 2.55 bits per heavy atom. The topological polar surface area (TPSA) is 101 Å². The highest BCUT2D eigenvalue weighted by atomic mass is 32.1. The van der Waals surface area contributed by atoms with E-state index in [9.17, 15) is 32.7 Å². The van der Waals surface area contributed by atoms with Crippen molar-refractivity contribution in [3.05, 3.63) is 57.0 Å². The highest BCUT2D eigenvalue weighted by Crippen LogP contribution is 2.35. The van der Waals surface area contributed by atoms with Crippen molar-refractivity contribution in [2.75, 3.05) is 5.32 Å². The Labute approximate surface area is 165 Å². The maximum Gasteiger partial charge on any atom is 0.418 e. The molecule has 2 N–H and O–H groups in total. The number of rotatable bonds is 4. The Hall–Kier alpha value is -3.21. The van der Waals surface area contributed by atoms with Crippen LogP contribution < -0.4 is 10.9 Å². The first-order valence-corrected chi connectivity index (χ1v) is 9.04. The van der Waals surface area contributed by atoms with Crippen LogP contribution in [0.2, 0.25) is 0 Å². The first-order chi connectivity index (χ1) is 13.5. The van der Waals surface area contributed by atoms with Crippen LogP contribution in [0.25, 0.3) is 10.2 Å². The molecule has 1 amide bonds. The zero-order valence-electron chi connectivity index (χ0n) is 15.1. The maximum atomic E-state index is 13.1. The van der Waals surface area contributed by atoms with Gasteiger partial charge in [0.1, 0.15) is 15.7 Å². The summed E-state index contributed by atoms with van der Waals surface area (Å²) in [5.41, 5.74) is -1.87. The highest BCUT2D eigenvalue weighted by Gasteiger charge is 2.34. The van der Waals surface area contributed by atoms with Gasteiger partial charge in [-0.05, 0) is 31.5 Å². The number of alkyl halides is 3. The molecule has 0 saturated carbocycles. The van der Waals surface area contributed by atoms with Gasteiger partial charge >= 0.3 is 12.1 Å². The Morgan fingerprint density at radius 2 is 1.93 bits per heavy atom. The van der Waals surface area contributed by atoms with E-state index in [0.717, 1.165) is 34.4 Å². The number of para-hydroxylation sites is 1. The van der Waals surface area contributed by atoms with E-state index in [1.807, 2.05) is 0 Å². The molecule has 0 aliphatic rings. The molecular weight excluding hydrogens is 411 g/mol. The molecular formula is C18H14F3N3O4S. The molecule has 7 nitrogen and oxygen atoms in total. The summed E-state index contributed by atoms with van der Waals surface area (Å²) in [5.74, 6) is -2.05. The number of aryl methyl sites for hydroxylation is 1. The smallest absolute Gasteiger partial charge is 0.418 e. The van der Waals surface area contributed by atoms with E-state index < -0.39 is 40.9 Å². The molecule has 0 fully saturated rings. The van der Waals surface area contributed by atoms with Gasteiger partial charge in [-0.25, -0.2) is 9.78 Å². The second kappa shape index (κ2) is 7.32. The molecule has 2 aromatic heterocycles. The van der Waals surface area contributed by atoms with Crippen LogP contribution in [0.3, 0.4) is 0 Å². The average molecular weight is 425 g/mol. The molecule has 1 atom stereocenters. The van der Waals surface area contributed by atoms with Gasteiger partial charge in [0.15, 0.2) is 0 Å². The molecule has 3 aromatic rings. The van der Waals surface area contributed by atoms with Crippen molar-refractivity contribution in [1.29, 1.82) is 0 Å². The van der Waals surface area contributed by atoms with Gasteiger partial charge in [0, 0.05) is 0 Å². The van der Waals surface area contributed by atoms with Gasteiger partial charge < -0.3 is 10.4 Å². The minimum Gasteiger partial charge on any atom is -0.477 e. The predicted molar refractivity (Wildman–Crippen MR) is 100 cm³/mol. The fourth-order valence-corrected chi connectivity index (χ4v) is 3.80. The number of carbonyl (C=O) groups is 2. The summed E-state index contributed by atoms with van der Waals surface area (Å²) < 4.78 is 40.3. The number of anilines is 1. The van der Waals surface area contributed by atoms with Crippen LogP contribution in [0.4, 0.5) is 18.9 Å². The van der Waals surface area contributed by atoms with Crippen LogP contribution in [-0.4, -0.2) is 26.5 Å². The Morgan fingerprint density at radius 1 is 1.28 bits per heavy atom. The molecule has 0 saturated heterocycles. The Bertz CT molecular complexity index is 1180. The second-order valence-electron chi connectivity index (χ2n) is 6.21. The van der Waals surface area contributed by atoms with Crippen molar-refractivity contribution in [3.8, 4) is 0 Å². The largest absolute Gasteiger partial charge is 0.477 e. The number of benzene rings is 1. The molecule has 152 valence electrons. The first-order valence-electron chi connectivity index (χ1n) is 8.23. The van der Waals surface area contributed by atoms with E-state index in [1.165, 1.54) is 26.0 Å². The van der Waals surface area contributed by atoms with Gasteiger partial charge in [-0.15, -0.1) is 11.3 Å². The summed E-state index contributed by atoms with van der Waals surface area (Å²) in [6, 6.07) is 3.30. The van der Waals surface area contributed by atoms with E-state index >= 15 is 0 Å². The predicted octanol–water partition coefficient (Wildman–Crippen LogP) is 3.68. The second-order valence-corrected chi connectivity index (χ2v) is 7.21. The van der Waals surface area contributed by atoms with Crippen molar-refractivity contribution >= 4 is 39.1 Å². The molecule has 0 radical (unpaired) electrons.